The van der Waals surface area contributed by atoms with Crippen molar-refractivity contribution in [2.75, 3.05) is 11.9 Å². The van der Waals surface area contributed by atoms with Gasteiger partial charge in [0, 0.05) is 18.8 Å². The number of carbonyl (C=O) groups excluding carboxylic acids is 1. The molecule has 0 aliphatic rings. The number of hydrogen-bond donors (Lipinski definition) is 1. The summed E-state index contributed by atoms with van der Waals surface area (Å²) in [5, 5.41) is 3.06. The average molecular weight is 271 g/mol. The lowest BCUT2D eigenvalue weighted by Gasteiger charge is -2.17. The van der Waals surface area contributed by atoms with Crippen LogP contribution < -0.4 is 5.32 Å². The van der Waals surface area contributed by atoms with Crippen LogP contribution in [0.25, 0.3) is 0 Å². The number of benzene rings is 1. The third-order valence-electron chi connectivity index (χ3n) is 2.74. The first-order valence-electron chi connectivity index (χ1n) is 6.52. The highest BCUT2D eigenvalue weighted by atomic mass is 16.5. The molecule has 1 atom stereocenters. The van der Waals surface area contributed by atoms with Crippen LogP contribution in [0.4, 0.5) is 5.82 Å². The highest BCUT2D eigenvalue weighted by molar-refractivity contribution is 5.79. The molecule has 1 N–H and O–H groups in total. The van der Waals surface area contributed by atoms with Gasteiger partial charge in [-0.2, -0.15) is 0 Å². The lowest BCUT2D eigenvalue weighted by molar-refractivity contribution is -0.144. The van der Waals surface area contributed by atoms with Gasteiger partial charge in [0.25, 0.3) is 0 Å². The Morgan fingerprint density at radius 1 is 1.30 bits per heavy atom. The van der Waals surface area contributed by atoms with E-state index >= 15 is 0 Å². The van der Waals surface area contributed by atoms with Crippen LogP contribution in [0.5, 0.6) is 0 Å². The van der Waals surface area contributed by atoms with E-state index in [1.807, 2.05) is 30.3 Å². The van der Waals surface area contributed by atoms with Crippen molar-refractivity contribution in [3.63, 3.8) is 0 Å². The van der Waals surface area contributed by atoms with E-state index in [9.17, 15) is 4.79 Å². The van der Waals surface area contributed by atoms with Gasteiger partial charge in [-0.1, -0.05) is 30.3 Å². The summed E-state index contributed by atoms with van der Waals surface area (Å²) >= 11 is 0. The van der Waals surface area contributed by atoms with E-state index in [4.69, 9.17) is 4.74 Å². The molecule has 0 amide bonds. The zero-order valence-corrected chi connectivity index (χ0v) is 11.3. The quantitative estimate of drug-likeness (QED) is 0.815. The van der Waals surface area contributed by atoms with E-state index in [0.29, 0.717) is 18.8 Å². The molecule has 0 unspecified atom stereocenters. The van der Waals surface area contributed by atoms with Crippen molar-refractivity contribution in [1.29, 1.82) is 0 Å². The van der Waals surface area contributed by atoms with E-state index in [-0.39, 0.29) is 5.97 Å². The van der Waals surface area contributed by atoms with Gasteiger partial charge in [0.2, 0.25) is 0 Å². The van der Waals surface area contributed by atoms with Gasteiger partial charge in [0.15, 0.2) is 0 Å². The average Bonchev–Trinajstić information content (AvgIpc) is 2.49. The first-order valence-corrected chi connectivity index (χ1v) is 6.52. The molecule has 5 nitrogen and oxygen atoms in total. The number of nitrogens with one attached hydrogen (secondary N) is 1. The van der Waals surface area contributed by atoms with Crippen LogP contribution in [0.2, 0.25) is 0 Å². The third kappa shape index (κ3) is 4.05. The van der Waals surface area contributed by atoms with Crippen LogP contribution in [-0.2, 0) is 16.0 Å². The zero-order valence-electron chi connectivity index (χ0n) is 11.3. The van der Waals surface area contributed by atoms with Gasteiger partial charge >= 0.3 is 5.97 Å². The summed E-state index contributed by atoms with van der Waals surface area (Å²) < 4.78 is 5.10. The molecule has 5 heteroatoms. The molecule has 0 bridgehead atoms. The fourth-order valence-corrected chi connectivity index (χ4v) is 1.84. The second-order valence-corrected chi connectivity index (χ2v) is 4.23. The normalized spacial score (nSPS) is 11.7. The molecule has 1 heterocycles. The number of anilines is 1. The zero-order chi connectivity index (χ0) is 14.2. The monoisotopic (exact) mass is 271 g/mol. The molecule has 20 heavy (non-hydrogen) atoms. The number of ether oxygens (including phenoxy) is 1. The Morgan fingerprint density at radius 3 is 2.75 bits per heavy atom. The minimum absolute atomic E-state index is 0.290. The van der Waals surface area contributed by atoms with Crippen molar-refractivity contribution in [2.24, 2.45) is 0 Å². The number of aromatic nitrogens is 2. The fourth-order valence-electron chi connectivity index (χ4n) is 1.84. The van der Waals surface area contributed by atoms with E-state index in [0.717, 1.165) is 5.56 Å². The van der Waals surface area contributed by atoms with Crippen LogP contribution in [0.15, 0.2) is 48.9 Å². The lowest BCUT2D eigenvalue weighted by Crippen LogP contribution is -2.33. The molecule has 104 valence electrons. The highest BCUT2D eigenvalue weighted by Crippen LogP contribution is 2.09. The first kappa shape index (κ1) is 14.0. The van der Waals surface area contributed by atoms with Crippen molar-refractivity contribution in [1.82, 2.24) is 9.97 Å². The van der Waals surface area contributed by atoms with Gasteiger partial charge in [-0.25, -0.2) is 9.78 Å². The number of rotatable bonds is 6. The Bertz CT molecular complexity index is 490. The summed E-state index contributed by atoms with van der Waals surface area (Å²) in [6.45, 7) is 2.14. The van der Waals surface area contributed by atoms with Gasteiger partial charge in [-0.15, -0.1) is 0 Å². The Labute approximate surface area is 118 Å². The van der Waals surface area contributed by atoms with Gasteiger partial charge in [-0.05, 0) is 12.5 Å². The largest absolute Gasteiger partial charge is 0.464 e. The molecule has 0 saturated heterocycles. The Balaban J connectivity index is 2.10. The second kappa shape index (κ2) is 7.23. The van der Waals surface area contributed by atoms with E-state index in [1.54, 1.807) is 25.5 Å². The molecular weight excluding hydrogens is 254 g/mol. The molecule has 0 aliphatic carbocycles. The van der Waals surface area contributed by atoms with Gasteiger partial charge < -0.3 is 10.1 Å². The summed E-state index contributed by atoms with van der Waals surface area (Å²) in [4.78, 5) is 20.1. The predicted molar refractivity (Wildman–Crippen MR) is 76.2 cm³/mol. The smallest absolute Gasteiger partial charge is 0.328 e. The van der Waals surface area contributed by atoms with Gasteiger partial charge in [0.1, 0.15) is 11.9 Å². The third-order valence-corrected chi connectivity index (χ3v) is 2.74. The molecule has 0 spiro atoms. The summed E-state index contributed by atoms with van der Waals surface area (Å²) in [5.41, 5.74) is 1.06. The van der Waals surface area contributed by atoms with Crippen LogP contribution in [0.3, 0.4) is 0 Å². The maximum Gasteiger partial charge on any atom is 0.328 e. The van der Waals surface area contributed by atoms with Crippen molar-refractivity contribution >= 4 is 11.8 Å². The summed E-state index contributed by atoms with van der Waals surface area (Å²) in [7, 11) is 0. The van der Waals surface area contributed by atoms with Crippen LogP contribution in [0, 0.1) is 0 Å². The van der Waals surface area contributed by atoms with Crippen molar-refractivity contribution in [2.45, 2.75) is 19.4 Å². The van der Waals surface area contributed by atoms with E-state index < -0.39 is 6.04 Å². The molecule has 0 fully saturated rings. The Hall–Kier alpha value is -2.43. The summed E-state index contributed by atoms with van der Waals surface area (Å²) in [5.74, 6) is 0.267. The maximum atomic E-state index is 12.0. The van der Waals surface area contributed by atoms with E-state index in [1.165, 1.54) is 0 Å². The van der Waals surface area contributed by atoms with Crippen LogP contribution in [0.1, 0.15) is 12.5 Å². The SMILES string of the molecule is CCOC(=O)[C@@H](Cc1ccccc1)Nc1cnccn1. The molecule has 0 aliphatic heterocycles. The molecule has 2 rings (SSSR count). The predicted octanol–water partition coefficient (Wildman–Crippen LogP) is 2.06. The summed E-state index contributed by atoms with van der Waals surface area (Å²) in [6.07, 6.45) is 5.28. The van der Waals surface area contributed by atoms with Crippen molar-refractivity contribution < 1.29 is 9.53 Å². The maximum absolute atomic E-state index is 12.0. The Kier molecular flexibility index (Phi) is 5.06. The topological polar surface area (TPSA) is 64.1 Å². The van der Waals surface area contributed by atoms with Gasteiger partial charge in [-0.3, -0.25) is 4.98 Å². The fraction of sp³-hybridized carbons (Fsp3) is 0.267. The van der Waals surface area contributed by atoms with Crippen molar-refractivity contribution in [3.05, 3.63) is 54.5 Å². The van der Waals surface area contributed by atoms with Crippen molar-refractivity contribution in [3.8, 4) is 0 Å². The molecule has 0 saturated carbocycles. The van der Waals surface area contributed by atoms with Gasteiger partial charge in [0.05, 0.1) is 12.8 Å². The molecule has 1 aromatic heterocycles. The lowest BCUT2D eigenvalue weighted by atomic mass is 10.1. The van der Waals surface area contributed by atoms with Crippen LogP contribution in [-0.4, -0.2) is 28.6 Å². The molecule has 2 aromatic rings. The number of hydrogen-bond acceptors (Lipinski definition) is 5. The molecular formula is C15H17N3O2. The van der Waals surface area contributed by atoms with Crippen LogP contribution >= 0.6 is 0 Å². The number of carbonyl (C=O) groups is 1. The number of nitrogens with zero attached hydrogens (tertiary/aromatic N) is 2. The highest BCUT2D eigenvalue weighted by Gasteiger charge is 2.20. The minimum Gasteiger partial charge on any atom is -0.464 e. The van der Waals surface area contributed by atoms with E-state index in [2.05, 4.69) is 15.3 Å². The second-order valence-electron chi connectivity index (χ2n) is 4.23. The first-order chi connectivity index (χ1) is 9.79. The number of esters is 1. The summed E-state index contributed by atoms with van der Waals surface area (Å²) in [6, 6.07) is 9.31. The Morgan fingerprint density at radius 2 is 2.10 bits per heavy atom. The minimum atomic E-state index is -0.478. The molecule has 1 aromatic carbocycles. The standard InChI is InChI=1S/C15H17N3O2/c1-2-20-15(19)13(10-12-6-4-3-5-7-12)18-14-11-16-8-9-17-14/h3-9,11,13H,2,10H2,1H3,(H,17,18)/t13-/m1/s1. The molecule has 0 radical (unpaired) electrons.